The van der Waals surface area contributed by atoms with Crippen molar-refractivity contribution in [2.45, 2.75) is 6.92 Å². The Bertz CT molecular complexity index is 1350. The Morgan fingerprint density at radius 1 is 1.15 bits per heavy atom. The van der Waals surface area contributed by atoms with Crippen molar-refractivity contribution < 1.29 is 4.79 Å². The number of fused-ring (bicyclic) bond motifs is 1. The highest BCUT2D eigenvalue weighted by Crippen LogP contribution is 2.23. The number of rotatable bonds is 6. The minimum absolute atomic E-state index is 0.155. The lowest BCUT2D eigenvalue weighted by molar-refractivity contribution is -0.116. The summed E-state index contributed by atoms with van der Waals surface area (Å²) < 4.78 is 1.46. The van der Waals surface area contributed by atoms with Crippen LogP contribution in [0.5, 0.6) is 0 Å². The number of amides is 1. The van der Waals surface area contributed by atoms with Crippen LogP contribution >= 0.6 is 0 Å². The Balaban J connectivity index is 1.76. The zero-order chi connectivity index (χ0) is 24.1. The summed E-state index contributed by atoms with van der Waals surface area (Å²) in [5.41, 5.74) is 2.32. The lowest BCUT2D eigenvalue weighted by Gasteiger charge is -2.37. The third-order valence-corrected chi connectivity index (χ3v) is 5.83. The minimum Gasteiger partial charge on any atom is -0.368 e. The van der Waals surface area contributed by atoms with Gasteiger partial charge in [-0.15, -0.1) is 6.58 Å². The fourth-order valence-electron chi connectivity index (χ4n) is 4.04. The second kappa shape index (κ2) is 10.0. The lowest BCUT2D eigenvalue weighted by Crippen LogP contribution is -2.47. The maximum atomic E-state index is 13.5. The zero-order valence-electron chi connectivity index (χ0n) is 19.1. The number of nitrogens with zero attached hydrogens (tertiary/aromatic N) is 5. The van der Waals surface area contributed by atoms with Crippen molar-refractivity contribution in [3.05, 3.63) is 88.4 Å². The summed E-state index contributed by atoms with van der Waals surface area (Å²) in [5.74, 6) is -0.0766. The summed E-state index contributed by atoms with van der Waals surface area (Å²) in [6.45, 7) is 8.50. The van der Waals surface area contributed by atoms with Crippen molar-refractivity contribution in [3.8, 4) is 6.07 Å². The molecule has 1 amide bonds. The van der Waals surface area contributed by atoms with E-state index in [1.54, 1.807) is 12.3 Å². The summed E-state index contributed by atoms with van der Waals surface area (Å²) in [6.07, 6.45) is 4.52. The van der Waals surface area contributed by atoms with E-state index in [2.05, 4.69) is 33.8 Å². The van der Waals surface area contributed by atoms with Crippen LogP contribution < -0.4 is 20.7 Å². The minimum atomic E-state index is -0.559. The second-order valence-electron chi connectivity index (χ2n) is 8.02. The zero-order valence-corrected chi connectivity index (χ0v) is 19.1. The van der Waals surface area contributed by atoms with Gasteiger partial charge in [0.05, 0.1) is 5.56 Å². The lowest BCUT2D eigenvalue weighted by atomic mass is 10.1. The number of pyridine rings is 1. The average Bonchev–Trinajstić information content (AvgIpc) is 2.88. The number of carbonyl (C=O) groups excluding carboxylic acids is 1. The van der Waals surface area contributed by atoms with Crippen molar-refractivity contribution in [1.82, 2.24) is 14.7 Å². The van der Waals surface area contributed by atoms with E-state index in [4.69, 9.17) is 4.98 Å². The standard InChI is InChI=1S/C26H26N6O2/c1-3-11-28-25(33)20(18-27)17-22-24(29-23-19(2)8-7-12-32(23)26(22)34)31-15-13-30(14-16-31)21-9-5-4-6-10-21/h3-10,12,17H,1,11,13-16H2,2H3,(H,28,33)/b20-17+. The summed E-state index contributed by atoms with van der Waals surface area (Å²) in [5, 5.41) is 12.2. The van der Waals surface area contributed by atoms with E-state index < -0.39 is 5.91 Å². The van der Waals surface area contributed by atoms with Gasteiger partial charge in [-0.2, -0.15) is 5.26 Å². The highest BCUT2D eigenvalue weighted by atomic mass is 16.1. The molecule has 1 aromatic carbocycles. The van der Waals surface area contributed by atoms with Crippen LogP contribution in [0.2, 0.25) is 0 Å². The number of benzene rings is 1. The highest BCUT2D eigenvalue weighted by molar-refractivity contribution is 6.02. The smallest absolute Gasteiger partial charge is 0.267 e. The summed E-state index contributed by atoms with van der Waals surface area (Å²) in [4.78, 5) is 35.1. The Kier molecular flexibility index (Phi) is 6.74. The largest absolute Gasteiger partial charge is 0.368 e. The normalized spacial score (nSPS) is 14.1. The SMILES string of the molecule is C=CCNC(=O)/C(C#N)=C/c1c(N2CCN(c3ccccc3)CC2)nc2c(C)cccn2c1=O. The number of hydrogen-bond acceptors (Lipinski definition) is 6. The van der Waals surface area contributed by atoms with E-state index in [0.717, 1.165) is 24.3 Å². The first-order valence-corrected chi connectivity index (χ1v) is 11.1. The summed E-state index contributed by atoms with van der Waals surface area (Å²) in [7, 11) is 0. The van der Waals surface area contributed by atoms with Crippen molar-refractivity contribution in [3.63, 3.8) is 0 Å². The molecule has 0 radical (unpaired) electrons. The number of anilines is 2. The van der Waals surface area contributed by atoms with E-state index in [1.165, 1.54) is 16.6 Å². The van der Waals surface area contributed by atoms with Crippen molar-refractivity contribution in [1.29, 1.82) is 5.26 Å². The quantitative estimate of drug-likeness (QED) is 0.350. The summed E-state index contributed by atoms with van der Waals surface area (Å²) >= 11 is 0. The molecule has 1 aliphatic rings. The highest BCUT2D eigenvalue weighted by Gasteiger charge is 2.24. The van der Waals surface area contributed by atoms with Gasteiger partial charge in [0.1, 0.15) is 23.1 Å². The van der Waals surface area contributed by atoms with Crippen LogP contribution in [0.25, 0.3) is 11.7 Å². The summed E-state index contributed by atoms with van der Waals surface area (Å²) in [6, 6.07) is 15.8. The molecule has 0 spiro atoms. The predicted octanol–water partition coefficient (Wildman–Crippen LogP) is 2.54. The van der Waals surface area contributed by atoms with Crippen LogP contribution in [-0.4, -0.2) is 48.0 Å². The number of nitrogens with one attached hydrogen (secondary N) is 1. The molecule has 0 aliphatic carbocycles. The molecule has 0 atom stereocenters. The molecule has 2 aromatic heterocycles. The van der Waals surface area contributed by atoms with Gasteiger partial charge in [-0.3, -0.25) is 14.0 Å². The molecular formula is C26H26N6O2. The van der Waals surface area contributed by atoms with Gasteiger partial charge in [0.2, 0.25) is 0 Å². The van der Waals surface area contributed by atoms with Crippen molar-refractivity contribution >= 4 is 29.1 Å². The molecule has 0 bridgehead atoms. The molecule has 4 rings (SSSR count). The first-order valence-electron chi connectivity index (χ1n) is 11.1. The van der Waals surface area contributed by atoms with Gasteiger partial charge >= 0.3 is 0 Å². The van der Waals surface area contributed by atoms with Gasteiger partial charge < -0.3 is 15.1 Å². The molecule has 1 aliphatic heterocycles. The molecule has 3 heterocycles. The Morgan fingerprint density at radius 2 is 1.85 bits per heavy atom. The van der Waals surface area contributed by atoms with Gasteiger partial charge in [0.25, 0.3) is 11.5 Å². The van der Waals surface area contributed by atoms with Gasteiger partial charge in [0, 0.05) is 44.6 Å². The van der Waals surface area contributed by atoms with Gasteiger partial charge in [-0.25, -0.2) is 4.98 Å². The molecule has 8 heteroatoms. The maximum absolute atomic E-state index is 13.5. The van der Waals surface area contributed by atoms with E-state index >= 15 is 0 Å². The second-order valence-corrected chi connectivity index (χ2v) is 8.02. The molecule has 0 unspecified atom stereocenters. The Hall–Kier alpha value is -4.38. The number of carbonyl (C=O) groups is 1. The molecule has 172 valence electrons. The van der Waals surface area contributed by atoms with E-state index in [-0.39, 0.29) is 23.2 Å². The third kappa shape index (κ3) is 4.55. The van der Waals surface area contributed by atoms with Crippen LogP contribution in [0.1, 0.15) is 11.1 Å². The predicted molar refractivity (Wildman–Crippen MR) is 134 cm³/mol. The van der Waals surface area contributed by atoms with Gasteiger partial charge in [-0.1, -0.05) is 30.3 Å². The number of aryl methyl sites for hydroxylation is 1. The topological polar surface area (TPSA) is 93.7 Å². The van der Waals surface area contributed by atoms with Crippen LogP contribution in [0.4, 0.5) is 11.5 Å². The molecule has 3 aromatic rings. The number of nitriles is 1. The van der Waals surface area contributed by atoms with Gasteiger partial charge in [-0.05, 0) is 36.8 Å². The fourth-order valence-corrected chi connectivity index (χ4v) is 4.04. The van der Waals surface area contributed by atoms with Crippen molar-refractivity contribution in [2.75, 3.05) is 42.5 Å². The third-order valence-electron chi connectivity index (χ3n) is 5.83. The van der Waals surface area contributed by atoms with E-state index in [1.807, 2.05) is 37.3 Å². The number of hydrogen-bond donors (Lipinski definition) is 1. The Morgan fingerprint density at radius 3 is 2.53 bits per heavy atom. The van der Waals surface area contributed by atoms with E-state index in [0.29, 0.717) is 24.6 Å². The van der Waals surface area contributed by atoms with E-state index in [9.17, 15) is 14.9 Å². The van der Waals surface area contributed by atoms with Crippen molar-refractivity contribution in [2.24, 2.45) is 0 Å². The monoisotopic (exact) mass is 454 g/mol. The first kappa shape index (κ1) is 22.8. The van der Waals surface area contributed by atoms with Crippen LogP contribution in [0.3, 0.4) is 0 Å². The molecular weight excluding hydrogens is 428 g/mol. The Labute approximate surface area is 198 Å². The molecule has 1 fully saturated rings. The molecule has 1 N–H and O–H groups in total. The molecule has 34 heavy (non-hydrogen) atoms. The maximum Gasteiger partial charge on any atom is 0.267 e. The van der Waals surface area contributed by atoms with Crippen LogP contribution in [-0.2, 0) is 4.79 Å². The average molecular weight is 455 g/mol. The number of piperazine rings is 1. The molecule has 0 saturated carbocycles. The first-order chi connectivity index (χ1) is 16.5. The fraction of sp³-hybridized carbons (Fsp3) is 0.231. The number of aromatic nitrogens is 2. The molecule has 8 nitrogen and oxygen atoms in total. The van der Waals surface area contributed by atoms with Crippen LogP contribution in [0, 0.1) is 18.3 Å². The van der Waals surface area contributed by atoms with Gasteiger partial charge in [0.15, 0.2) is 0 Å². The number of para-hydroxylation sites is 1. The molecule has 1 saturated heterocycles. The van der Waals surface area contributed by atoms with Crippen LogP contribution in [0.15, 0.2) is 71.7 Å².